The number of carbonyl (C=O) groups excluding carboxylic acids is 1. The van der Waals surface area contributed by atoms with E-state index in [1.807, 2.05) is 50.2 Å². The summed E-state index contributed by atoms with van der Waals surface area (Å²) in [4.78, 5) is 31.4. The van der Waals surface area contributed by atoms with Gasteiger partial charge in [-0.1, -0.05) is 30.3 Å². The van der Waals surface area contributed by atoms with Gasteiger partial charge in [0, 0.05) is 28.7 Å². The molecule has 122 valence electrons. The van der Waals surface area contributed by atoms with Gasteiger partial charge in [0.15, 0.2) is 0 Å². The minimum Gasteiger partial charge on any atom is -0.346 e. The third kappa shape index (κ3) is 3.44. The second kappa shape index (κ2) is 6.80. The summed E-state index contributed by atoms with van der Waals surface area (Å²) < 4.78 is 0. The fourth-order valence-electron chi connectivity index (χ4n) is 2.45. The number of benzene rings is 1. The van der Waals surface area contributed by atoms with E-state index in [2.05, 4.69) is 15.3 Å². The van der Waals surface area contributed by atoms with Crippen molar-refractivity contribution in [3.8, 4) is 10.6 Å². The monoisotopic (exact) mass is 339 g/mol. The molecule has 0 aliphatic rings. The van der Waals surface area contributed by atoms with Crippen LogP contribution in [0.15, 0.2) is 46.6 Å². The molecule has 0 saturated carbocycles. The Morgan fingerprint density at radius 1 is 1.25 bits per heavy atom. The Kier molecular flexibility index (Phi) is 4.57. The molecule has 0 radical (unpaired) electrons. The van der Waals surface area contributed by atoms with Gasteiger partial charge in [-0.05, 0) is 25.5 Å². The highest BCUT2D eigenvalue weighted by molar-refractivity contribution is 7.13. The van der Waals surface area contributed by atoms with E-state index in [-0.39, 0.29) is 18.0 Å². The van der Waals surface area contributed by atoms with E-state index in [9.17, 15) is 9.59 Å². The number of H-pyrrole nitrogens is 1. The van der Waals surface area contributed by atoms with Crippen molar-refractivity contribution in [2.75, 3.05) is 0 Å². The average Bonchev–Trinajstić information content (AvgIpc) is 3.04. The normalized spacial score (nSPS) is 10.6. The third-order valence-electron chi connectivity index (χ3n) is 3.68. The van der Waals surface area contributed by atoms with Crippen molar-refractivity contribution >= 4 is 17.2 Å². The van der Waals surface area contributed by atoms with Crippen LogP contribution in [0.2, 0.25) is 0 Å². The maximum absolute atomic E-state index is 12.3. The van der Waals surface area contributed by atoms with Crippen molar-refractivity contribution in [3.05, 3.63) is 74.6 Å². The van der Waals surface area contributed by atoms with Crippen LogP contribution in [0.3, 0.4) is 0 Å². The molecule has 24 heavy (non-hydrogen) atoms. The Morgan fingerprint density at radius 2 is 2.00 bits per heavy atom. The van der Waals surface area contributed by atoms with E-state index in [1.165, 1.54) is 11.3 Å². The van der Waals surface area contributed by atoms with Gasteiger partial charge in [0.2, 0.25) is 0 Å². The van der Waals surface area contributed by atoms with E-state index < -0.39 is 0 Å². The molecule has 3 rings (SSSR count). The minimum absolute atomic E-state index is 0.170. The summed E-state index contributed by atoms with van der Waals surface area (Å²) in [7, 11) is 0. The van der Waals surface area contributed by atoms with Crippen LogP contribution in [0, 0.1) is 13.8 Å². The SMILES string of the molecule is Cc1cc(C)c(CNC(=O)c2csc(-c3ccccc3)n2)c(=O)[nH]1. The summed E-state index contributed by atoms with van der Waals surface area (Å²) in [6, 6.07) is 11.6. The molecule has 0 unspecified atom stereocenters. The number of pyridine rings is 1. The van der Waals surface area contributed by atoms with Gasteiger partial charge >= 0.3 is 0 Å². The van der Waals surface area contributed by atoms with Gasteiger partial charge in [0.1, 0.15) is 10.7 Å². The number of rotatable bonds is 4. The highest BCUT2D eigenvalue weighted by Crippen LogP contribution is 2.23. The smallest absolute Gasteiger partial charge is 0.271 e. The molecule has 0 aliphatic carbocycles. The zero-order valence-corrected chi connectivity index (χ0v) is 14.2. The van der Waals surface area contributed by atoms with Gasteiger partial charge < -0.3 is 10.3 Å². The molecule has 3 aromatic rings. The van der Waals surface area contributed by atoms with Gasteiger partial charge in [-0.2, -0.15) is 0 Å². The summed E-state index contributed by atoms with van der Waals surface area (Å²) in [5.74, 6) is -0.284. The molecule has 2 heterocycles. The molecule has 0 aliphatic heterocycles. The van der Waals surface area contributed by atoms with Crippen LogP contribution in [0.25, 0.3) is 10.6 Å². The van der Waals surface area contributed by atoms with Crippen molar-refractivity contribution in [1.29, 1.82) is 0 Å². The molecule has 0 saturated heterocycles. The quantitative estimate of drug-likeness (QED) is 0.767. The van der Waals surface area contributed by atoms with E-state index in [4.69, 9.17) is 0 Å². The number of hydrogen-bond donors (Lipinski definition) is 2. The zero-order valence-electron chi connectivity index (χ0n) is 13.4. The highest BCUT2D eigenvalue weighted by Gasteiger charge is 2.13. The molecule has 1 aromatic carbocycles. The van der Waals surface area contributed by atoms with Crippen LogP contribution in [-0.2, 0) is 6.54 Å². The number of carbonyl (C=O) groups is 1. The maximum atomic E-state index is 12.3. The lowest BCUT2D eigenvalue weighted by molar-refractivity contribution is 0.0946. The third-order valence-corrected chi connectivity index (χ3v) is 4.57. The Morgan fingerprint density at radius 3 is 2.71 bits per heavy atom. The van der Waals surface area contributed by atoms with Crippen LogP contribution >= 0.6 is 11.3 Å². The summed E-state index contributed by atoms with van der Waals surface area (Å²) in [6.45, 7) is 3.87. The molecular formula is C18H17N3O2S. The average molecular weight is 339 g/mol. The minimum atomic E-state index is -0.284. The van der Waals surface area contributed by atoms with E-state index in [0.717, 1.165) is 21.8 Å². The fourth-order valence-corrected chi connectivity index (χ4v) is 3.26. The van der Waals surface area contributed by atoms with Crippen LogP contribution in [0.4, 0.5) is 0 Å². The summed E-state index contributed by atoms with van der Waals surface area (Å²) in [5.41, 5.74) is 3.40. The first-order chi connectivity index (χ1) is 11.5. The Bertz CT molecular complexity index is 929. The summed E-state index contributed by atoms with van der Waals surface area (Å²) in [5, 5.41) is 5.29. The highest BCUT2D eigenvalue weighted by atomic mass is 32.1. The van der Waals surface area contributed by atoms with Crippen LogP contribution in [-0.4, -0.2) is 15.9 Å². The molecule has 6 heteroatoms. The molecule has 2 aromatic heterocycles. The zero-order chi connectivity index (χ0) is 17.1. The Hall–Kier alpha value is -2.73. The predicted molar refractivity (Wildman–Crippen MR) is 95.3 cm³/mol. The fraction of sp³-hybridized carbons (Fsp3) is 0.167. The first-order valence-electron chi connectivity index (χ1n) is 7.53. The molecule has 0 bridgehead atoms. The number of nitrogens with one attached hydrogen (secondary N) is 2. The topological polar surface area (TPSA) is 74.8 Å². The second-order valence-corrected chi connectivity index (χ2v) is 6.39. The number of thiazole rings is 1. The molecule has 1 amide bonds. The van der Waals surface area contributed by atoms with Gasteiger partial charge in [0.05, 0.1) is 0 Å². The summed E-state index contributed by atoms with van der Waals surface area (Å²) in [6.07, 6.45) is 0. The number of nitrogens with zero attached hydrogens (tertiary/aromatic N) is 1. The lowest BCUT2D eigenvalue weighted by atomic mass is 10.1. The van der Waals surface area contributed by atoms with E-state index >= 15 is 0 Å². The van der Waals surface area contributed by atoms with Gasteiger partial charge in [-0.3, -0.25) is 9.59 Å². The molecule has 0 atom stereocenters. The van der Waals surface area contributed by atoms with Crippen LogP contribution in [0.5, 0.6) is 0 Å². The van der Waals surface area contributed by atoms with Crippen molar-refractivity contribution < 1.29 is 4.79 Å². The lowest BCUT2D eigenvalue weighted by Gasteiger charge is -2.07. The molecule has 0 fully saturated rings. The van der Waals surface area contributed by atoms with Crippen molar-refractivity contribution in [3.63, 3.8) is 0 Å². The van der Waals surface area contributed by atoms with Gasteiger partial charge in [-0.25, -0.2) is 4.98 Å². The Labute approximate surface area is 143 Å². The first kappa shape index (κ1) is 16.1. The predicted octanol–water partition coefficient (Wildman–Crippen LogP) is 3.05. The largest absolute Gasteiger partial charge is 0.346 e. The number of aromatic amines is 1. The van der Waals surface area contributed by atoms with E-state index in [1.54, 1.807) is 5.38 Å². The molecule has 0 spiro atoms. The standard InChI is InChI=1S/C18H17N3O2S/c1-11-8-12(2)20-16(22)14(11)9-19-17(23)15-10-24-18(21-15)13-6-4-3-5-7-13/h3-8,10H,9H2,1-2H3,(H,19,23)(H,20,22). The molecule has 5 nitrogen and oxygen atoms in total. The van der Waals surface area contributed by atoms with Gasteiger partial charge in [-0.15, -0.1) is 11.3 Å². The Balaban J connectivity index is 1.73. The van der Waals surface area contributed by atoms with Crippen molar-refractivity contribution in [2.45, 2.75) is 20.4 Å². The van der Waals surface area contributed by atoms with Gasteiger partial charge in [0.25, 0.3) is 11.5 Å². The van der Waals surface area contributed by atoms with Crippen LogP contribution in [0.1, 0.15) is 27.3 Å². The first-order valence-corrected chi connectivity index (χ1v) is 8.41. The van der Waals surface area contributed by atoms with Crippen LogP contribution < -0.4 is 10.9 Å². The number of aryl methyl sites for hydroxylation is 2. The van der Waals surface area contributed by atoms with E-state index in [0.29, 0.717) is 11.3 Å². The molecular weight excluding hydrogens is 322 g/mol. The summed E-state index contributed by atoms with van der Waals surface area (Å²) >= 11 is 1.42. The molecule has 2 N–H and O–H groups in total. The lowest BCUT2D eigenvalue weighted by Crippen LogP contribution is -2.28. The van der Waals surface area contributed by atoms with Crippen molar-refractivity contribution in [2.24, 2.45) is 0 Å². The second-order valence-electron chi connectivity index (χ2n) is 5.53. The maximum Gasteiger partial charge on any atom is 0.271 e. The number of hydrogen-bond acceptors (Lipinski definition) is 4. The van der Waals surface area contributed by atoms with Crippen molar-refractivity contribution in [1.82, 2.24) is 15.3 Å². The number of aromatic nitrogens is 2. The number of amides is 1.